The van der Waals surface area contributed by atoms with Crippen molar-refractivity contribution in [3.63, 3.8) is 0 Å². The maximum atomic E-state index is 10.1. The molecule has 2 heterocycles. The minimum absolute atomic E-state index is 0.613. The summed E-state index contributed by atoms with van der Waals surface area (Å²) < 4.78 is 0.926. The minimum atomic E-state index is -0.630. The van der Waals surface area contributed by atoms with Crippen molar-refractivity contribution in [1.82, 2.24) is 4.98 Å². The Kier molecular flexibility index (Phi) is 3.32. The summed E-state index contributed by atoms with van der Waals surface area (Å²) in [5.41, 5.74) is 6.87. The van der Waals surface area contributed by atoms with Gasteiger partial charge in [-0.3, -0.25) is 0 Å². The molecular weight excluding hydrogens is 282 g/mol. The van der Waals surface area contributed by atoms with E-state index < -0.39 is 5.60 Å². The molecule has 17 heavy (non-hydrogen) atoms. The number of aliphatic hydroxyl groups is 1. The van der Waals surface area contributed by atoms with Crippen LogP contribution in [0.5, 0.6) is 0 Å². The lowest BCUT2D eigenvalue weighted by atomic mass is 9.95. The third kappa shape index (κ3) is 2.55. The molecular formula is C12H18BrN3O. The van der Waals surface area contributed by atoms with E-state index in [2.05, 4.69) is 25.8 Å². The number of aromatic nitrogens is 1. The van der Waals surface area contributed by atoms with Crippen LogP contribution in [-0.4, -0.2) is 28.8 Å². The Hall–Kier alpha value is -0.810. The SMILES string of the molecule is Cc1c(N)cnc(N2CCCC(C)(O)C2)c1Br. The van der Waals surface area contributed by atoms with Crippen molar-refractivity contribution >= 4 is 27.4 Å². The summed E-state index contributed by atoms with van der Waals surface area (Å²) in [6.45, 7) is 5.37. The highest BCUT2D eigenvalue weighted by atomic mass is 79.9. The molecule has 94 valence electrons. The van der Waals surface area contributed by atoms with Crippen molar-refractivity contribution in [1.29, 1.82) is 0 Å². The molecule has 5 heteroatoms. The van der Waals surface area contributed by atoms with Crippen LogP contribution >= 0.6 is 15.9 Å². The Morgan fingerprint density at radius 2 is 2.29 bits per heavy atom. The molecule has 0 spiro atoms. The van der Waals surface area contributed by atoms with Gasteiger partial charge in [0.2, 0.25) is 0 Å². The van der Waals surface area contributed by atoms with Crippen molar-refractivity contribution in [3.8, 4) is 0 Å². The zero-order valence-electron chi connectivity index (χ0n) is 10.2. The molecule has 3 N–H and O–H groups in total. The quantitative estimate of drug-likeness (QED) is 0.833. The summed E-state index contributed by atoms with van der Waals surface area (Å²) in [5, 5.41) is 10.1. The molecule has 1 fully saturated rings. The first-order valence-corrected chi connectivity index (χ1v) is 6.58. The van der Waals surface area contributed by atoms with Gasteiger partial charge in [-0.05, 0) is 48.2 Å². The fourth-order valence-corrected chi connectivity index (χ4v) is 2.78. The van der Waals surface area contributed by atoms with Crippen molar-refractivity contribution in [2.75, 3.05) is 23.7 Å². The number of hydrogen-bond acceptors (Lipinski definition) is 4. The average molecular weight is 300 g/mol. The number of pyridine rings is 1. The van der Waals surface area contributed by atoms with E-state index >= 15 is 0 Å². The van der Waals surface area contributed by atoms with E-state index in [9.17, 15) is 5.11 Å². The molecule has 0 saturated carbocycles. The molecule has 1 aromatic rings. The van der Waals surface area contributed by atoms with Crippen molar-refractivity contribution in [3.05, 3.63) is 16.2 Å². The molecule has 4 nitrogen and oxygen atoms in total. The highest BCUT2D eigenvalue weighted by Crippen LogP contribution is 2.33. The Morgan fingerprint density at radius 3 is 2.94 bits per heavy atom. The van der Waals surface area contributed by atoms with Crippen LogP contribution in [0.1, 0.15) is 25.3 Å². The van der Waals surface area contributed by atoms with Gasteiger partial charge in [-0.1, -0.05) is 0 Å². The summed E-state index contributed by atoms with van der Waals surface area (Å²) >= 11 is 3.54. The third-order valence-corrected chi connectivity index (χ3v) is 4.21. The van der Waals surface area contributed by atoms with Crippen LogP contribution in [-0.2, 0) is 0 Å². The van der Waals surface area contributed by atoms with E-state index in [1.54, 1.807) is 6.20 Å². The molecule has 1 atom stereocenters. The number of hydrogen-bond donors (Lipinski definition) is 2. The Balaban J connectivity index is 2.31. The molecule has 0 amide bonds. The second-order valence-corrected chi connectivity index (χ2v) is 5.79. The Bertz CT molecular complexity index is 434. The first kappa shape index (κ1) is 12.6. The molecule has 0 bridgehead atoms. The van der Waals surface area contributed by atoms with Gasteiger partial charge in [0.05, 0.1) is 22.0 Å². The molecule has 0 aromatic carbocycles. The number of nitrogens with zero attached hydrogens (tertiary/aromatic N) is 2. The van der Waals surface area contributed by atoms with Gasteiger partial charge in [0.15, 0.2) is 0 Å². The van der Waals surface area contributed by atoms with Gasteiger partial charge >= 0.3 is 0 Å². The zero-order valence-corrected chi connectivity index (χ0v) is 11.8. The summed E-state index contributed by atoms with van der Waals surface area (Å²) in [6, 6.07) is 0. The monoisotopic (exact) mass is 299 g/mol. The first-order chi connectivity index (χ1) is 7.91. The smallest absolute Gasteiger partial charge is 0.143 e. The molecule has 1 aliphatic heterocycles. The largest absolute Gasteiger partial charge is 0.397 e. The van der Waals surface area contributed by atoms with Crippen molar-refractivity contribution < 1.29 is 5.11 Å². The van der Waals surface area contributed by atoms with E-state index in [1.807, 2.05) is 13.8 Å². The summed E-state index contributed by atoms with van der Waals surface area (Å²) in [4.78, 5) is 6.48. The van der Waals surface area contributed by atoms with Gasteiger partial charge < -0.3 is 15.7 Å². The summed E-state index contributed by atoms with van der Waals surface area (Å²) in [7, 11) is 0. The van der Waals surface area contributed by atoms with E-state index in [4.69, 9.17) is 5.73 Å². The molecule has 1 saturated heterocycles. The normalized spacial score (nSPS) is 25.1. The van der Waals surface area contributed by atoms with Gasteiger partial charge in [0.25, 0.3) is 0 Å². The molecule has 2 rings (SSSR count). The molecule has 1 aromatic heterocycles. The minimum Gasteiger partial charge on any atom is -0.397 e. The lowest BCUT2D eigenvalue weighted by Crippen LogP contribution is -2.46. The maximum Gasteiger partial charge on any atom is 0.143 e. The third-order valence-electron chi connectivity index (χ3n) is 3.26. The number of β-amino-alcohol motifs (C(OH)–C–C–N with tert-alkyl or cyclic N) is 1. The maximum absolute atomic E-state index is 10.1. The first-order valence-electron chi connectivity index (χ1n) is 5.78. The van der Waals surface area contributed by atoms with Crippen LogP contribution < -0.4 is 10.6 Å². The molecule has 1 unspecified atom stereocenters. The number of piperidine rings is 1. The highest BCUT2D eigenvalue weighted by Gasteiger charge is 2.30. The fourth-order valence-electron chi connectivity index (χ4n) is 2.20. The zero-order chi connectivity index (χ0) is 12.6. The fraction of sp³-hybridized carbons (Fsp3) is 0.583. The van der Waals surface area contributed by atoms with Gasteiger partial charge in [-0.15, -0.1) is 0 Å². The predicted octanol–water partition coefficient (Wildman–Crippen LogP) is 2.09. The van der Waals surface area contributed by atoms with Crippen molar-refractivity contribution in [2.24, 2.45) is 0 Å². The van der Waals surface area contributed by atoms with Crippen LogP contribution in [0.25, 0.3) is 0 Å². The van der Waals surface area contributed by atoms with E-state index in [1.165, 1.54) is 0 Å². The Morgan fingerprint density at radius 1 is 1.59 bits per heavy atom. The molecule has 1 aliphatic rings. The number of halogens is 1. The number of nitrogens with two attached hydrogens (primary N) is 1. The van der Waals surface area contributed by atoms with E-state index in [0.717, 1.165) is 35.2 Å². The van der Waals surface area contributed by atoms with Gasteiger partial charge in [0, 0.05) is 13.1 Å². The Labute approximate surface area is 110 Å². The lowest BCUT2D eigenvalue weighted by molar-refractivity contribution is 0.0446. The second kappa shape index (κ2) is 4.46. The second-order valence-electron chi connectivity index (χ2n) is 5.00. The van der Waals surface area contributed by atoms with E-state index in [-0.39, 0.29) is 0 Å². The molecule has 0 radical (unpaired) electrons. The lowest BCUT2D eigenvalue weighted by Gasteiger charge is -2.38. The van der Waals surface area contributed by atoms with Gasteiger partial charge in [-0.2, -0.15) is 0 Å². The average Bonchev–Trinajstić information content (AvgIpc) is 2.25. The van der Waals surface area contributed by atoms with Crippen LogP contribution in [0.3, 0.4) is 0 Å². The van der Waals surface area contributed by atoms with Gasteiger partial charge in [-0.25, -0.2) is 4.98 Å². The van der Waals surface area contributed by atoms with Crippen LogP contribution in [0.4, 0.5) is 11.5 Å². The number of rotatable bonds is 1. The summed E-state index contributed by atoms with van der Waals surface area (Å²) in [6.07, 6.45) is 3.50. The predicted molar refractivity (Wildman–Crippen MR) is 73.2 cm³/mol. The van der Waals surface area contributed by atoms with E-state index in [0.29, 0.717) is 12.2 Å². The number of nitrogen functional groups attached to an aromatic ring is 1. The van der Waals surface area contributed by atoms with Crippen LogP contribution in [0.15, 0.2) is 10.7 Å². The topological polar surface area (TPSA) is 62.4 Å². The standard InChI is InChI=1S/C12H18BrN3O/c1-8-9(14)6-15-11(10(8)13)16-5-3-4-12(2,17)7-16/h6,17H,3-5,7,14H2,1-2H3. The number of anilines is 2. The van der Waals surface area contributed by atoms with Crippen LogP contribution in [0.2, 0.25) is 0 Å². The van der Waals surface area contributed by atoms with Gasteiger partial charge in [0.1, 0.15) is 5.82 Å². The highest BCUT2D eigenvalue weighted by molar-refractivity contribution is 9.10. The molecule has 0 aliphatic carbocycles. The van der Waals surface area contributed by atoms with Crippen molar-refractivity contribution in [2.45, 2.75) is 32.3 Å². The summed E-state index contributed by atoms with van der Waals surface area (Å²) in [5.74, 6) is 0.872. The van der Waals surface area contributed by atoms with Crippen LogP contribution in [0, 0.1) is 6.92 Å².